The maximum absolute atomic E-state index is 12.5. The van der Waals surface area contributed by atoms with Crippen molar-refractivity contribution in [1.29, 1.82) is 0 Å². The molecule has 2 aromatic rings. The van der Waals surface area contributed by atoms with E-state index in [9.17, 15) is 19.2 Å². The highest BCUT2D eigenvalue weighted by Gasteiger charge is 2.26. The van der Waals surface area contributed by atoms with Crippen LogP contribution in [0.4, 0.5) is 0 Å². The van der Waals surface area contributed by atoms with Crippen molar-refractivity contribution in [1.82, 2.24) is 10.6 Å². The number of carbonyl (C=O) groups excluding carboxylic acids is 4. The van der Waals surface area contributed by atoms with Crippen LogP contribution in [0.3, 0.4) is 0 Å². The van der Waals surface area contributed by atoms with Gasteiger partial charge in [-0.15, -0.1) is 0 Å². The van der Waals surface area contributed by atoms with E-state index in [0.29, 0.717) is 0 Å². The molecule has 2 rings (SSSR count). The molecule has 0 aliphatic carbocycles. The summed E-state index contributed by atoms with van der Waals surface area (Å²) in [5.41, 5.74) is 0.325. The van der Waals surface area contributed by atoms with E-state index >= 15 is 0 Å². The Morgan fingerprint density at radius 2 is 0.947 bits per heavy atom. The lowest BCUT2D eigenvalue weighted by molar-refractivity contribution is -0.142. The second-order valence-corrected chi connectivity index (χ2v) is 11.0. The fraction of sp³-hybridized carbons (Fsp3) is 0.400. The Morgan fingerprint density at radius 1 is 0.632 bits per heavy atom. The molecule has 8 nitrogen and oxygen atoms in total. The molecule has 0 aliphatic rings. The van der Waals surface area contributed by atoms with E-state index in [0.717, 1.165) is 23.3 Å². The van der Waals surface area contributed by atoms with E-state index in [1.807, 2.05) is 60.7 Å². The predicted octanol–water partition coefficient (Wildman–Crippen LogP) is 4.44. The molecule has 2 N–H and O–H groups in total. The van der Waals surface area contributed by atoms with Crippen molar-refractivity contribution in [3.8, 4) is 0 Å². The van der Waals surface area contributed by atoms with Gasteiger partial charge < -0.3 is 20.1 Å². The second kappa shape index (κ2) is 13.6. The molecule has 0 aliphatic heterocycles. The number of hydrogen-bond donors (Lipinski definition) is 2. The molecule has 0 bridgehead atoms. The molecular weight excluding hydrogens is 484 g/mol. The van der Waals surface area contributed by atoms with Crippen LogP contribution in [0.5, 0.6) is 0 Å². The zero-order valence-electron chi connectivity index (χ0n) is 22.9. The van der Waals surface area contributed by atoms with Gasteiger partial charge in [0.05, 0.1) is 12.1 Å². The third-order valence-corrected chi connectivity index (χ3v) is 5.52. The first-order chi connectivity index (χ1) is 17.8. The third-order valence-electron chi connectivity index (χ3n) is 5.52. The van der Waals surface area contributed by atoms with Gasteiger partial charge in [-0.3, -0.25) is 9.59 Å². The second-order valence-electron chi connectivity index (χ2n) is 11.0. The van der Waals surface area contributed by atoms with E-state index in [2.05, 4.69) is 10.6 Å². The number of ether oxygens (including phenoxy) is 2. The first kappa shape index (κ1) is 30.3. The van der Waals surface area contributed by atoms with Crippen molar-refractivity contribution >= 4 is 23.8 Å². The average molecular weight is 523 g/mol. The molecule has 0 radical (unpaired) electrons. The number of benzene rings is 2. The molecule has 0 aromatic heterocycles. The first-order valence-corrected chi connectivity index (χ1v) is 12.5. The highest BCUT2D eigenvalue weighted by Crippen LogP contribution is 2.20. The molecule has 0 saturated carbocycles. The fourth-order valence-electron chi connectivity index (χ4n) is 3.13. The fourth-order valence-corrected chi connectivity index (χ4v) is 3.13. The Bertz CT molecular complexity index is 1030. The number of amides is 2. The highest BCUT2D eigenvalue weighted by atomic mass is 16.5. The maximum Gasteiger partial charge on any atom is 0.331 e. The van der Waals surface area contributed by atoms with Crippen molar-refractivity contribution < 1.29 is 28.7 Å². The van der Waals surface area contributed by atoms with E-state index in [1.54, 1.807) is 41.5 Å². The van der Waals surface area contributed by atoms with Crippen molar-refractivity contribution in [2.75, 3.05) is 13.2 Å². The summed E-state index contributed by atoms with van der Waals surface area (Å²) in [5.74, 6) is -1.89. The molecular formula is C30H38N2O6. The lowest BCUT2D eigenvalue weighted by Crippen LogP contribution is -2.39. The third kappa shape index (κ3) is 10.2. The van der Waals surface area contributed by atoms with Gasteiger partial charge in [-0.2, -0.15) is 0 Å². The molecule has 0 heterocycles. The summed E-state index contributed by atoms with van der Waals surface area (Å²) in [6.45, 7) is 10.5. The van der Waals surface area contributed by atoms with Crippen LogP contribution >= 0.6 is 0 Å². The van der Waals surface area contributed by atoms with Crippen molar-refractivity contribution in [2.45, 2.75) is 53.6 Å². The van der Waals surface area contributed by atoms with Gasteiger partial charge in [0.15, 0.2) is 0 Å². The summed E-state index contributed by atoms with van der Waals surface area (Å²) < 4.78 is 10.6. The number of carbonyl (C=O) groups is 4. The summed E-state index contributed by atoms with van der Waals surface area (Å²) >= 11 is 0. The van der Waals surface area contributed by atoms with Crippen molar-refractivity contribution in [2.24, 2.45) is 10.8 Å². The number of rotatable bonds is 10. The smallest absolute Gasteiger partial charge is 0.331 e. The molecule has 0 saturated heterocycles. The van der Waals surface area contributed by atoms with E-state index in [-0.39, 0.29) is 25.0 Å². The minimum absolute atomic E-state index is 0.112. The minimum atomic E-state index is -0.756. The number of nitrogens with one attached hydrogen (secondary N) is 2. The zero-order valence-corrected chi connectivity index (χ0v) is 22.9. The summed E-state index contributed by atoms with van der Waals surface area (Å²) in [4.78, 5) is 49.6. The lowest BCUT2D eigenvalue weighted by Gasteiger charge is -2.24. The van der Waals surface area contributed by atoms with Crippen LogP contribution in [0.15, 0.2) is 72.8 Å². The molecule has 8 heteroatoms. The van der Waals surface area contributed by atoms with E-state index in [4.69, 9.17) is 9.47 Å². The Hall–Kier alpha value is -3.94. The molecule has 2 atom stereocenters. The van der Waals surface area contributed by atoms with Crippen LogP contribution in [-0.2, 0) is 28.7 Å². The van der Waals surface area contributed by atoms with Gasteiger partial charge in [0, 0.05) is 23.0 Å². The van der Waals surface area contributed by atoms with E-state index in [1.165, 1.54) is 0 Å². The average Bonchev–Trinajstić information content (AvgIpc) is 2.87. The van der Waals surface area contributed by atoms with Gasteiger partial charge in [-0.1, -0.05) is 102 Å². The van der Waals surface area contributed by atoms with Crippen LogP contribution in [-0.4, -0.2) is 37.0 Å². The quantitative estimate of drug-likeness (QED) is 0.353. The minimum Gasteiger partial charge on any atom is -0.460 e. The Labute approximate surface area is 224 Å². The van der Waals surface area contributed by atoms with Crippen molar-refractivity contribution in [3.63, 3.8) is 0 Å². The molecule has 38 heavy (non-hydrogen) atoms. The monoisotopic (exact) mass is 522 g/mol. The molecule has 0 spiro atoms. The van der Waals surface area contributed by atoms with Crippen LogP contribution in [0.1, 0.15) is 64.8 Å². The summed E-state index contributed by atoms with van der Waals surface area (Å²) in [6.07, 6.45) is 1.95. The van der Waals surface area contributed by atoms with Crippen LogP contribution in [0, 0.1) is 10.8 Å². The molecule has 0 fully saturated rings. The topological polar surface area (TPSA) is 111 Å². The highest BCUT2D eigenvalue weighted by molar-refractivity contribution is 5.91. The first-order valence-electron chi connectivity index (χ1n) is 12.5. The Morgan fingerprint density at radius 3 is 1.24 bits per heavy atom. The maximum atomic E-state index is 12.5. The van der Waals surface area contributed by atoms with Gasteiger partial charge in [-0.05, 0) is 11.1 Å². The standard InChI is InChI=1S/C30H38N2O6/c1-29(2,3)27(35)31-23(21-13-9-7-10-14-21)19-37-25(33)17-18-26(34)38-20-24(22-15-11-8-12-16-22)32-28(36)30(4,5)6/h7-18,23-24H,19-20H2,1-6H3,(H,31,35)(H,32,36)/b18-17+/t23-,24-/m1/s1. The largest absolute Gasteiger partial charge is 0.460 e. The van der Waals surface area contributed by atoms with Crippen molar-refractivity contribution in [3.05, 3.63) is 83.9 Å². The molecule has 2 amide bonds. The SMILES string of the molecule is CC(C)(C)C(=O)N[C@H](COC(=O)/C=C/C(=O)OC[C@@H](NC(=O)C(C)(C)C)c1ccccc1)c1ccccc1. The van der Waals surface area contributed by atoms with Gasteiger partial charge in [0.1, 0.15) is 13.2 Å². The Kier molecular flexibility index (Phi) is 10.8. The molecule has 0 unspecified atom stereocenters. The van der Waals surface area contributed by atoms with Gasteiger partial charge in [-0.25, -0.2) is 9.59 Å². The zero-order chi connectivity index (χ0) is 28.3. The van der Waals surface area contributed by atoms with Gasteiger partial charge in [0.25, 0.3) is 0 Å². The summed E-state index contributed by atoms with van der Waals surface area (Å²) in [6, 6.07) is 17.2. The van der Waals surface area contributed by atoms with Crippen LogP contribution in [0.2, 0.25) is 0 Å². The normalized spacial score (nSPS) is 13.3. The molecule has 2 aromatic carbocycles. The summed E-state index contributed by atoms with van der Waals surface area (Å²) in [5, 5.41) is 5.80. The van der Waals surface area contributed by atoms with Crippen LogP contribution in [0.25, 0.3) is 0 Å². The van der Waals surface area contributed by atoms with Crippen LogP contribution < -0.4 is 10.6 Å². The predicted molar refractivity (Wildman–Crippen MR) is 145 cm³/mol. The van der Waals surface area contributed by atoms with E-state index < -0.39 is 34.9 Å². The summed E-state index contributed by atoms with van der Waals surface area (Å²) in [7, 11) is 0. The number of hydrogen-bond acceptors (Lipinski definition) is 6. The van der Waals surface area contributed by atoms with Gasteiger partial charge >= 0.3 is 11.9 Å². The molecule has 204 valence electrons. The lowest BCUT2D eigenvalue weighted by atomic mass is 9.94. The Balaban J connectivity index is 1.96. The number of esters is 2. The van der Waals surface area contributed by atoms with Gasteiger partial charge in [0.2, 0.25) is 11.8 Å².